The largest absolute Gasteiger partial charge is 0.451 e. The summed E-state index contributed by atoms with van der Waals surface area (Å²) in [5.74, 6) is -1.04. The monoisotopic (exact) mass is 407 g/mol. The predicted molar refractivity (Wildman–Crippen MR) is 106 cm³/mol. The number of urea groups is 1. The topological polar surface area (TPSA) is 105 Å². The lowest BCUT2D eigenvalue weighted by Crippen LogP contribution is -2.54. The maximum absolute atomic E-state index is 12.9. The predicted octanol–water partition coefficient (Wildman–Crippen LogP) is 2.11. The van der Waals surface area contributed by atoms with Crippen molar-refractivity contribution in [3.05, 3.63) is 0 Å². The Balaban J connectivity index is 1.54. The van der Waals surface area contributed by atoms with Gasteiger partial charge in [-0.2, -0.15) is 0 Å². The van der Waals surface area contributed by atoms with Crippen LogP contribution in [0.15, 0.2) is 0 Å². The molecule has 0 unspecified atom stereocenters. The van der Waals surface area contributed by atoms with Gasteiger partial charge in [0.25, 0.3) is 11.8 Å². The third kappa shape index (κ3) is 4.41. The van der Waals surface area contributed by atoms with Gasteiger partial charge in [0.2, 0.25) is 0 Å². The van der Waals surface area contributed by atoms with Crippen molar-refractivity contribution in [2.24, 2.45) is 11.8 Å². The van der Waals surface area contributed by atoms with E-state index in [2.05, 4.69) is 17.6 Å². The average molecular weight is 408 g/mol. The Labute approximate surface area is 172 Å². The molecule has 4 amide bonds. The molecule has 0 aromatic heterocycles. The van der Waals surface area contributed by atoms with Crippen molar-refractivity contribution in [2.75, 3.05) is 6.54 Å². The van der Waals surface area contributed by atoms with Gasteiger partial charge in [-0.1, -0.05) is 39.5 Å². The van der Waals surface area contributed by atoms with Crippen LogP contribution in [0.2, 0.25) is 0 Å². The van der Waals surface area contributed by atoms with E-state index in [1.54, 1.807) is 0 Å². The Kier molecular flexibility index (Phi) is 6.49. The highest BCUT2D eigenvalue weighted by Gasteiger charge is 2.55. The molecule has 0 bridgehead atoms. The SMILES string of the molecule is C[C@@H]1CCCC[C@H]1NC(=O)[C@@H](C)OC(=O)CN1C(=O)N[C@]2(CCCC[C@@H]2C)C1=O. The first-order valence-corrected chi connectivity index (χ1v) is 10.9. The summed E-state index contributed by atoms with van der Waals surface area (Å²) in [4.78, 5) is 50.9. The fourth-order valence-corrected chi connectivity index (χ4v) is 4.89. The molecule has 1 heterocycles. The molecule has 0 aromatic carbocycles. The number of amides is 4. The van der Waals surface area contributed by atoms with Gasteiger partial charge in [0, 0.05) is 6.04 Å². The van der Waals surface area contributed by atoms with E-state index >= 15 is 0 Å². The number of esters is 1. The van der Waals surface area contributed by atoms with Gasteiger partial charge in [0.15, 0.2) is 6.10 Å². The first-order valence-electron chi connectivity index (χ1n) is 10.9. The lowest BCUT2D eigenvalue weighted by atomic mass is 9.73. The fourth-order valence-electron chi connectivity index (χ4n) is 4.89. The maximum atomic E-state index is 12.9. The molecule has 3 rings (SSSR count). The van der Waals surface area contributed by atoms with E-state index in [1.165, 1.54) is 13.3 Å². The van der Waals surface area contributed by atoms with Crippen molar-refractivity contribution in [2.45, 2.75) is 89.8 Å². The highest BCUT2D eigenvalue weighted by molar-refractivity contribution is 6.09. The third-order valence-corrected chi connectivity index (χ3v) is 6.91. The molecule has 0 aromatic rings. The number of carbonyl (C=O) groups is 4. The van der Waals surface area contributed by atoms with E-state index in [0.717, 1.165) is 43.4 Å². The fraction of sp³-hybridized carbons (Fsp3) is 0.810. The molecule has 2 aliphatic carbocycles. The molecule has 29 heavy (non-hydrogen) atoms. The van der Waals surface area contributed by atoms with Crippen LogP contribution in [0.1, 0.15) is 72.1 Å². The lowest BCUT2D eigenvalue weighted by Gasteiger charge is -2.36. The van der Waals surface area contributed by atoms with Crippen molar-refractivity contribution in [1.82, 2.24) is 15.5 Å². The van der Waals surface area contributed by atoms with Crippen molar-refractivity contribution >= 4 is 23.8 Å². The van der Waals surface area contributed by atoms with Gasteiger partial charge in [-0.15, -0.1) is 0 Å². The lowest BCUT2D eigenvalue weighted by molar-refractivity contribution is -0.157. The Bertz CT molecular complexity index is 681. The molecule has 2 N–H and O–H groups in total. The number of imide groups is 1. The summed E-state index contributed by atoms with van der Waals surface area (Å²) in [5.41, 5.74) is -0.907. The number of ether oxygens (including phenoxy) is 1. The quantitative estimate of drug-likeness (QED) is 0.536. The smallest absolute Gasteiger partial charge is 0.327 e. The Morgan fingerprint density at radius 1 is 1.17 bits per heavy atom. The number of nitrogens with one attached hydrogen (secondary N) is 2. The summed E-state index contributed by atoms with van der Waals surface area (Å²) in [6.07, 6.45) is 6.62. The van der Waals surface area contributed by atoms with Gasteiger partial charge >= 0.3 is 12.0 Å². The van der Waals surface area contributed by atoms with Crippen LogP contribution in [0.25, 0.3) is 0 Å². The normalized spacial score (nSPS) is 33.3. The minimum absolute atomic E-state index is 0.0240. The zero-order valence-corrected chi connectivity index (χ0v) is 17.7. The highest BCUT2D eigenvalue weighted by Crippen LogP contribution is 2.38. The van der Waals surface area contributed by atoms with E-state index < -0.39 is 30.2 Å². The molecule has 5 atom stereocenters. The van der Waals surface area contributed by atoms with Crippen LogP contribution >= 0.6 is 0 Å². The second-order valence-electron chi connectivity index (χ2n) is 8.95. The van der Waals surface area contributed by atoms with Gasteiger partial charge < -0.3 is 15.4 Å². The maximum Gasteiger partial charge on any atom is 0.327 e. The first kappa shape index (κ1) is 21.6. The summed E-state index contributed by atoms with van der Waals surface area (Å²) >= 11 is 0. The van der Waals surface area contributed by atoms with Gasteiger partial charge in [0.1, 0.15) is 12.1 Å². The molecular formula is C21H33N3O5. The van der Waals surface area contributed by atoms with E-state index in [-0.39, 0.29) is 23.8 Å². The van der Waals surface area contributed by atoms with Gasteiger partial charge in [-0.3, -0.25) is 19.3 Å². The summed E-state index contributed by atoms with van der Waals surface area (Å²) in [7, 11) is 0. The number of rotatable bonds is 5. The standard InChI is InChI=1S/C21H33N3O5/c1-13-8-4-5-10-16(13)22-18(26)15(3)29-17(25)12-24-19(27)21(23-20(24)28)11-7-6-9-14(21)2/h13-16H,4-12H2,1-3H3,(H,22,26)(H,23,28)/t13-,14+,15-,16-,21+/m1/s1. The van der Waals surface area contributed by atoms with Gasteiger partial charge in [-0.05, 0) is 44.4 Å². The first-order chi connectivity index (χ1) is 13.7. The number of hydrogen-bond donors (Lipinski definition) is 2. The molecular weight excluding hydrogens is 374 g/mol. The molecule has 8 nitrogen and oxygen atoms in total. The van der Waals surface area contributed by atoms with Crippen molar-refractivity contribution in [1.29, 1.82) is 0 Å². The third-order valence-electron chi connectivity index (χ3n) is 6.91. The number of nitrogens with zero attached hydrogens (tertiary/aromatic N) is 1. The van der Waals surface area contributed by atoms with Crippen LogP contribution in [0.4, 0.5) is 4.79 Å². The highest BCUT2D eigenvalue weighted by atomic mass is 16.5. The molecule has 1 saturated heterocycles. The van der Waals surface area contributed by atoms with E-state index in [9.17, 15) is 19.2 Å². The van der Waals surface area contributed by atoms with Crippen LogP contribution in [-0.4, -0.2) is 52.9 Å². The molecule has 8 heteroatoms. The van der Waals surface area contributed by atoms with Crippen molar-refractivity contribution in [3.8, 4) is 0 Å². The summed E-state index contributed by atoms with van der Waals surface area (Å²) < 4.78 is 5.23. The molecule has 162 valence electrons. The van der Waals surface area contributed by atoms with E-state index in [1.807, 2.05) is 6.92 Å². The van der Waals surface area contributed by atoms with Crippen molar-refractivity contribution < 1.29 is 23.9 Å². The zero-order chi connectivity index (χ0) is 21.2. The molecule has 1 aliphatic heterocycles. The number of hydrogen-bond acceptors (Lipinski definition) is 5. The average Bonchev–Trinajstić information content (AvgIpc) is 2.91. The summed E-state index contributed by atoms with van der Waals surface area (Å²) in [6, 6.07) is -0.468. The summed E-state index contributed by atoms with van der Waals surface area (Å²) in [6.45, 7) is 5.10. The molecule has 3 aliphatic rings. The minimum atomic E-state index is -0.972. The Hall–Kier alpha value is -2.12. The second-order valence-corrected chi connectivity index (χ2v) is 8.95. The Morgan fingerprint density at radius 3 is 2.55 bits per heavy atom. The van der Waals surface area contributed by atoms with E-state index in [0.29, 0.717) is 12.3 Å². The van der Waals surface area contributed by atoms with Crippen molar-refractivity contribution in [3.63, 3.8) is 0 Å². The van der Waals surface area contributed by atoms with Crippen LogP contribution < -0.4 is 10.6 Å². The van der Waals surface area contributed by atoms with Crippen LogP contribution in [-0.2, 0) is 19.1 Å². The number of carbonyl (C=O) groups excluding carboxylic acids is 4. The van der Waals surface area contributed by atoms with Gasteiger partial charge in [-0.25, -0.2) is 4.79 Å². The molecule has 1 spiro atoms. The molecule has 3 fully saturated rings. The van der Waals surface area contributed by atoms with E-state index in [4.69, 9.17) is 4.74 Å². The summed E-state index contributed by atoms with van der Waals surface area (Å²) in [5, 5.41) is 5.77. The molecule has 2 saturated carbocycles. The van der Waals surface area contributed by atoms with Crippen LogP contribution in [0, 0.1) is 11.8 Å². The minimum Gasteiger partial charge on any atom is -0.451 e. The van der Waals surface area contributed by atoms with Gasteiger partial charge in [0.05, 0.1) is 0 Å². The van der Waals surface area contributed by atoms with Crippen LogP contribution in [0.5, 0.6) is 0 Å². The molecule has 0 radical (unpaired) electrons. The Morgan fingerprint density at radius 2 is 1.86 bits per heavy atom. The zero-order valence-electron chi connectivity index (χ0n) is 17.7. The second kappa shape index (κ2) is 8.71. The van der Waals surface area contributed by atoms with Crippen LogP contribution in [0.3, 0.4) is 0 Å².